The average Bonchev–Trinajstić information content (AvgIpc) is 2.43. The molecule has 0 aliphatic carbocycles. The molecule has 0 saturated heterocycles. The number of hydrogen-bond acceptors (Lipinski definition) is 6. The molecule has 0 saturated carbocycles. The van der Waals surface area contributed by atoms with Gasteiger partial charge in [-0.15, -0.1) is 0 Å². The Morgan fingerprint density at radius 3 is 1.18 bits per heavy atom. The van der Waals surface area contributed by atoms with Crippen LogP contribution in [0.3, 0.4) is 0 Å². The molecule has 0 amide bonds. The largest absolute Gasteiger partial charge is 0.438 e. The highest BCUT2D eigenvalue weighted by atomic mass is 16.7. The summed E-state index contributed by atoms with van der Waals surface area (Å²) < 4.78 is 9.20. The van der Waals surface area contributed by atoms with Crippen molar-refractivity contribution in [3.8, 4) is 0 Å². The molecule has 0 spiro atoms. The van der Waals surface area contributed by atoms with Gasteiger partial charge in [0.2, 0.25) is 0 Å². The summed E-state index contributed by atoms with van der Waals surface area (Å²) in [4.78, 5) is 44.7. The molecule has 0 atom stereocenters. The summed E-state index contributed by atoms with van der Waals surface area (Å²) in [6.45, 7) is 1.29. The van der Waals surface area contributed by atoms with Gasteiger partial charge in [0.15, 0.2) is 6.79 Å². The molecule has 0 aromatic heterocycles. The zero-order valence-electron chi connectivity index (χ0n) is 13.5. The summed E-state index contributed by atoms with van der Waals surface area (Å²) in [5.74, 6) is -0.779. The first-order valence-electron chi connectivity index (χ1n) is 7.63. The van der Waals surface area contributed by atoms with Crippen molar-refractivity contribution in [3.05, 3.63) is 0 Å². The molecule has 0 unspecified atom stereocenters. The highest BCUT2D eigenvalue weighted by Gasteiger charge is 2.10. The normalized spacial score (nSPS) is 6.65. The summed E-state index contributed by atoms with van der Waals surface area (Å²) in [6, 6.07) is 0. The van der Waals surface area contributed by atoms with Gasteiger partial charge in [0.1, 0.15) is 23.8 Å². The van der Waals surface area contributed by atoms with Gasteiger partial charge in [-0.3, -0.25) is 19.2 Å². The van der Waals surface area contributed by atoms with Gasteiger partial charge >= 0.3 is 5.97 Å². The lowest BCUT2D eigenvalue weighted by Crippen LogP contribution is -2.12. The second-order valence-electron chi connectivity index (χ2n) is 5.32. The number of ketones is 3. The first kappa shape index (κ1) is 84.9. The molecule has 6 nitrogen and oxygen atoms in total. The number of esters is 1. The van der Waals surface area contributed by atoms with E-state index < -0.39 is 5.97 Å². The van der Waals surface area contributed by atoms with Crippen LogP contribution in [0.2, 0.25) is 0 Å². The number of carbonyl (C=O) groups excluding carboxylic acids is 4. The first-order valence-corrected chi connectivity index (χ1v) is 7.63. The van der Waals surface area contributed by atoms with Crippen molar-refractivity contribution in [1.29, 1.82) is 0 Å². The van der Waals surface area contributed by atoms with Crippen LogP contribution in [0.4, 0.5) is 0 Å². The number of Topliss-reactive ketones (excluding diaryl/α,β-unsaturated/α-hetero) is 3. The van der Waals surface area contributed by atoms with E-state index in [-0.39, 0.29) is 126 Å². The Morgan fingerprint density at radius 2 is 0.853 bits per heavy atom. The first-order chi connectivity index (χ1) is 10.5. The molecule has 0 heterocycles. The lowest BCUT2D eigenvalue weighted by Gasteiger charge is -2.03. The molecule has 0 aromatic carbocycles. The molecule has 0 fully saturated rings. The van der Waals surface area contributed by atoms with Crippen molar-refractivity contribution in [1.82, 2.24) is 0 Å². The lowest BCUT2D eigenvalue weighted by molar-refractivity contribution is -0.155. The average molecular weight is 507 g/mol. The molecule has 0 aromatic rings. The van der Waals surface area contributed by atoms with Crippen LogP contribution in [0, 0.1) is 0 Å². The predicted molar refractivity (Wildman–Crippen MR) is 161 cm³/mol. The van der Waals surface area contributed by atoms with E-state index in [1.807, 2.05) is 0 Å². The van der Waals surface area contributed by atoms with E-state index in [1.165, 1.54) is 14.0 Å². The number of methoxy groups -OCH3 is 1. The van der Waals surface area contributed by atoms with E-state index in [1.54, 1.807) is 0 Å². The Morgan fingerprint density at radius 1 is 0.529 bits per heavy atom. The molecule has 0 rings (SSSR count). The third-order valence-corrected chi connectivity index (χ3v) is 3.04. The third-order valence-electron chi connectivity index (χ3n) is 3.04. The zero-order chi connectivity index (χ0) is 16.8. The Hall–Kier alpha value is -1.56. The van der Waals surface area contributed by atoms with Crippen LogP contribution in [-0.4, -0.2) is 37.2 Å². The van der Waals surface area contributed by atoms with Crippen LogP contribution in [0.15, 0.2) is 0 Å². The maximum absolute atomic E-state index is 11.5. The molecule has 6 heteroatoms. The predicted octanol–water partition coefficient (Wildman–Crippen LogP) is 10.0. The fourth-order valence-electron chi connectivity index (χ4n) is 1.97. The second kappa shape index (κ2) is 57.9. The minimum Gasteiger partial charge on any atom is -0.438 e. The molecule has 0 radical (unpaired) electrons. The van der Waals surface area contributed by atoms with Gasteiger partial charge in [0, 0.05) is 20.0 Å². The van der Waals surface area contributed by atoms with Crippen LogP contribution in [-0.2, 0) is 28.7 Å². The number of hydrogen-bond donors (Lipinski definition) is 0. The summed E-state index contributed by atoms with van der Waals surface area (Å²) in [7, 11) is 1.41. The van der Waals surface area contributed by atoms with Gasteiger partial charge in [-0.1, -0.05) is 108 Å². The molecule has 0 N–H and O–H groups in total. The highest BCUT2D eigenvalue weighted by Crippen LogP contribution is 2.09. The monoisotopic (exact) mass is 507 g/mol. The second-order valence-corrected chi connectivity index (χ2v) is 5.32. The number of carbonyl (C=O) groups is 4. The SMILES string of the molecule is C.C.C.C.C.C.C.C.C.C.C.C.COCOC(=O)CC(=O)CCCCCCCC(=O)CC(C)=O. The van der Waals surface area contributed by atoms with Crippen LogP contribution in [0.25, 0.3) is 0 Å². The van der Waals surface area contributed by atoms with Gasteiger partial charge in [-0.05, 0) is 19.8 Å². The van der Waals surface area contributed by atoms with Gasteiger partial charge in [0.25, 0.3) is 0 Å². The standard InChI is InChI=1S/C16H26O6.12CH4/c1-13(17)10-14(18)8-6-4-3-5-7-9-15(19)11-16(20)22-12-21-2;;;;;;;;;;;;/h3-12H2,1-2H3;12*1H4. The maximum Gasteiger partial charge on any atom is 0.315 e. The van der Waals surface area contributed by atoms with E-state index in [0.29, 0.717) is 12.8 Å². The molecular weight excluding hydrogens is 432 g/mol. The van der Waals surface area contributed by atoms with E-state index in [9.17, 15) is 19.2 Å². The fraction of sp³-hybridized carbons (Fsp3) is 0.857. The van der Waals surface area contributed by atoms with Crippen LogP contribution in [0.5, 0.6) is 0 Å². The molecular formula is C28H74O6. The van der Waals surface area contributed by atoms with Crippen molar-refractivity contribution >= 4 is 23.3 Å². The van der Waals surface area contributed by atoms with Crippen molar-refractivity contribution in [2.45, 2.75) is 154 Å². The van der Waals surface area contributed by atoms with Crippen LogP contribution < -0.4 is 0 Å². The number of ether oxygens (including phenoxy) is 2. The van der Waals surface area contributed by atoms with Crippen molar-refractivity contribution in [3.63, 3.8) is 0 Å². The van der Waals surface area contributed by atoms with Crippen molar-refractivity contribution < 1.29 is 28.7 Å². The van der Waals surface area contributed by atoms with Crippen molar-refractivity contribution in [2.24, 2.45) is 0 Å². The van der Waals surface area contributed by atoms with Gasteiger partial charge in [-0.2, -0.15) is 0 Å². The smallest absolute Gasteiger partial charge is 0.315 e. The summed E-state index contributed by atoms with van der Waals surface area (Å²) in [6.07, 6.45) is 4.90. The lowest BCUT2D eigenvalue weighted by atomic mass is 10.0. The molecule has 0 bridgehead atoms. The number of rotatable bonds is 14. The number of unbranched alkanes of at least 4 members (excludes halogenated alkanes) is 4. The summed E-state index contributed by atoms with van der Waals surface area (Å²) in [5, 5.41) is 0. The van der Waals surface area contributed by atoms with Crippen LogP contribution >= 0.6 is 0 Å². The Labute approximate surface area is 220 Å². The van der Waals surface area contributed by atoms with Crippen LogP contribution in [0.1, 0.15) is 154 Å². The summed E-state index contributed by atoms with van der Waals surface area (Å²) in [5.41, 5.74) is 0. The summed E-state index contributed by atoms with van der Waals surface area (Å²) >= 11 is 0. The van der Waals surface area contributed by atoms with E-state index in [4.69, 9.17) is 0 Å². The maximum atomic E-state index is 11.5. The Bertz CT molecular complexity index is 379. The molecule has 34 heavy (non-hydrogen) atoms. The van der Waals surface area contributed by atoms with E-state index in [2.05, 4.69) is 9.47 Å². The quantitative estimate of drug-likeness (QED) is 0.101. The highest BCUT2D eigenvalue weighted by molar-refractivity contribution is 5.97. The van der Waals surface area contributed by atoms with E-state index in [0.717, 1.165) is 32.1 Å². The van der Waals surface area contributed by atoms with Gasteiger partial charge < -0.3 is 9.47 Å². The third kappa shape index (κ3) is 63.1. The van der Waals surface area contributed by atoms with Gasteiger partial charge in [-0.25, -0.2) is 0 Å². The van der Waals surface area contributed by atoms with E-state index >= 15 is 0 Å². The van der Waals surface area contributed by atoms with Crippen molar-refractivity contribution in [2.75, 3.05) is 13.9 Å². The Kier molecular flexibility index (Phi) is 144. The molecule has 0 aliphatic rings. The molecule has 222 valence electrons. The minimum atomic E-state index is -0.559. The fourth-order valence-corrected chi connectivity index (χ4v) is 1.97. The minimum absolute atomic E-state index is 0. The zero-order valence-corrected chi connectivity index (χ0v) is 13.5. The molecule has 0 aliphatic heterocycles. The topological polar surface area (TPSA) is 86.7 Å². The Balaban J connectivity index is -0.0000000334. The van der Waals surface area contributed by atoms with Gasteiger partial charge in [0.05, 0.1) is 6.42 Å².